The SMILES string of the molecule is NC(=O)C(=Cc1ccccc1)CSc1ccccc1. The van der Waals surface area contributed by atoms with Crippen molar-refractivity contribution in [2.45, 2.75) is 4.90 Å². The number of rotatable bonds is 5. The fourth-order valence-electron chi connectivity index (χ4n) is 1.61. The van der Waals surface area contributed by atoms with E-state index in [1.807, 2.05) is 66.7 Å². The predicted octanol–water partition coefficient (Wildman–Crippen LogP) is 3.35. The van der Waals surface area contributed by atoms with Crippen LogP contribution in [-0.4, -0.2) is 11.7 Å². The monoisotopic (exact) mass is 269 g/mol. The number of hydrogen-bond acceptors (Lipinski definition) is 2. The normalized spacial score (nSPS) is 11.3. The molecule has 2 aromatic carbocycles. The molecule has 3 heteroatoms. The fourth-order valence-corrected chi connectivity index (χ4v) is 2.51. The first-order valence-electron chi connectivity index (χ1n) is 5.99. The van der Waals surface area contributed by atoms with Gasteiger partial charge in [-0.15, -0.1) is 11.8 Å². The summed E-state index contributed by atoms with van der Waals surface area (Å²) in [5.41, 5.74) is 7.04. The molecule has 2 N–H and O–H groups in total. The largest absolute Gasteiger partial charge is 0.366 e. The van der Waals surface area contributed by atoms with Crippen molar-refractivity contribution in [2.24, 2.45) is 5.73 Å². The smallest absolute Gasteiger partial charge is 0.245 e. The number of primary amides is 1. The molecule has 0 fully saturated rings. The summed E-state index contributed by atoms with van der Waals surface area (Å²) in [6.07, 6.45) is 1.85. The molecule has 19 heavy (non-hydrogen) atoms. The van der Waals surface area contributed by atoms with Crippen LogP contribution >= 0.6 is 11.8 Å². The van der Waals surface area contributed by atoms with E-state index in [2.05, 4.69) is 0 Å². The second kappa shape index (κ2) is 6.81. The molecule has 0 aliphatic rings. The van der Waals surface area contributed by atoms with Gasteiger partial charge in [-0.1, -0.05) is 48.5 Å². The van der Waals surface area contributed by atoms with Crippen LogP contribution in [0.3, 0.4) is 0 Å². The van der Waals surface area contributed by atoms with E-state index in [1.165, 1.54) is 0 Å². The maximum Gasteiger partial charge on any atom is 0.245 e. The Kier molecular flexibility index (Phi) is 4.81. The van der Waals surface area contributed by atoms with E-state index in [1.54, 1.807) is 11.8 Å². The van der Waals surface area contributed by atoms with Gasteiger partial charge in [-0.2, -0.15) is 0 Å². The molecule has 0 spiro atoms. The summed E-state index contributed by atoms with van der Waals surface area (Å²) < 4.78 is 0. The van der Waals surface area contributed by atoms with E-state index in [9.17, 15) is 4.79 Å². The van der Waals surface area contributed by atoms with Crippen molar-refractivity contribution in [2.75, 3.05) is 5.75 Å². The van der Waals surface area contributed by atoms with Crippen LogP contribution in [0.2, 0.25) is 0 Å². The summed E-state index contributed by atoms with van der Waals surface area (Å²) in [5, 5.41) is 0. The van der Waals surface area contributed by atoms with Crippen molar-refractivity contribution in [3.8, 4) is 0 Å². The first kappa shape index (κ1) is 13.4. The van der Waals surface area contributed by atoms with E-state index in [-0.39, 0.29) is 5.91 Å². The van der Waals surface area contributed by atoms with Gasteiger partial charge in [0.25, 0.3) is 0 Å². The molecule has 0 aliphatic carbocycles. The number of benzene rings is 2. The molecule has 0 aromatic heterocycles. The minimum atomic E-state index is -0.368. The quantitative estimate of drug-likeness (QED) is 0.668. The van der Waals surface area contributed by atoms with Gasteiger partial charge in [0.1, 0.15) is 0 Å². The second-order valence-electron chi connectivity index (χ2n) is 4.05. The minimum absolute atomic E-state index is 0.368. The van der Waals surface area contributed by atoms with Gasteiger partial charge in [0.2, 0.25) is 5.91 Å². The van der Waals surface area contributed by atoms with Crippen LogP contribution in [0, 0.1) is 0 Å². The number of thioether (sulfide) groups is 1. The molecule has 0 unspecified atom stereocenters. The molecule has 0 saturated carbocycles. The Hall–Kier alpha value is -2.00. The molecule has 0 radical (unpaired) electrons. The molecule has 0 heterocycles. The zero-order valence-corrected chi connectivity index (χ0v) is 11.3. The molecule has 2 nitrogen and oxygen atoms in total. The van der Waals surface area contributed by atoms with Gasteiger partial charge in [0.15, 0.2) is 0 Å². The van der Waals surface area contributed by atoms with Gasteiger partial charge in [0.05, 0.1) is 0 Å². The first-order valence-corrected chi connectivity index (χ1v) is 6.97. The summed E-state index contributed by atoms with van der Waals surface area (Å²) >= 11 is 1.61. The van der Waals surface area contributed by atoms with Crippen molar-refractivity contribution >= 4 is 23.7 Å². The highest BCUT2D eigenvalue weighted by molar-refractivity contribution is 7.99. The Bertz CT molecular complexity index is 564. The molecule has 0 atom stereocenters. The fraction of sp³-hybridized carbons (Fsp3) is 0.0625. The van der Waals surface area contributed by atoms with E-state index < -0.39 is 0 Å². The standard InChI is InChI=1S/C16H15NOS/c17-16(18)14(11-13-7-3-1-4-8-13)12-19-15-9-5-2-6-10-15/h1-11H,12H2,(H2,17,18). The second-order valence-corrected chi connectivity index (χ2v) is 5.09. The Morgan fingerprint density at radius 3 is 2.16 bits per heavy atom. The Labute approximate surface area is 117 Å². The van der Waals surface area contributed by atoms with Gasteiger partial charge in [-0.3, -0.25) is 4.79 Å². The van der Waals surface area contributed by atoms with Crippen molar-refractivity contribution in [3.63, 3.8) is 0 Å². The van der Waals surface area contributed by atoms with Crippen molar-refractivity contribution < 1.29 is 4.79 Å². The average molecular weight is 269 g/mol. The topological polar surface area (TPSA) is 43.1 Å². The molecule has 96 valence electrons. The maximum atomic E-state index is 11.5. The van der Waals surface area contributed by atoms with Crippen molar-refractivity contribution in [1.82, 2.24) is 0 Å². The molecule has 2 aromatic rings. The van der Waals surface area contributed by atoms with E-state index in [0.717, 1.165) is 10.5 Å². The lowest BCUT2D eigenvalue weighted by Crippen LogP contribution is -2.15. The van der Waals surface area contributed by atoms with Gasteiger partial charge < -0.3 is 5.73 Å². The molecule has 1 amide bonds. The van der Waals surface area contributed by atoms with Gasteiger partial charge >= 0.3 is 0 Å². The lowest BCUT2D eigenvalue weighted by molar-refractivity contribution is -0.114. The van der Waals surface area contributed by atoms with E-state index >= 15 is 0 Å². The number of carbonyl (C=O) groups excluding carboxylic acids is 1. The Morgan fingerprint density at radius 1 is 1.00 bits per heavy atom. The number of nitrogens with two attached hydrogens (primary N) is 1. The summed E-state index contributed by atoms with van der Waals surface area (Å²) in [7, 11) is 0. The van der Waals surface area contributed by atoms with Crippen LogP contribution in [0.25, 0.3) is 6.08 Å². The third-order valence-corrected chi connectivity index (χ3v) is 3.66. The van der Waals surface area contributed by atoms with Crippen molar-refractivity contribution in [1.29, 1.82) is 0 Å². The minimum Gasteiger partial charge on any atom is -0.366 e. The zero-order chi connectivity index (χ0) is 13.5. The van der Waals surface area contributed by atoms with Crippen molar-refractivity contribution in [3.05, 3.63) is 71.8 Å². The van der Waals surface area contributed by atoms with Gasteiger partial charge in [0, 0.05) is 16.2 Å². The van der Waals surface area contributed by atoms with E-state index in [4.69, 9.17) is 5.73 Å². The zero-order valence-electron chi connectivity index (χ0n) is 10.5. The molecule has 0 aliphatic heterocycles. The molecule has 0 saturated heterocycles. The number of hydrogen-bond donors (Lipinski definition) is 1. The number of amides is 1. The summed E-state index contributed by atoms with van der Waals surface area (Å²) in [6.45, 7) is 0. The Balaban J connectivity index is 2.09. The van der Waals surface area contributed by atoms with Crippen LogP contribution in [0.1, 0.15) is 5.56 Å². The maximum absolute atomic E-state index is 11.5. The third-order valence-electron chi connectivity index (χ3n) is 2.59. The average Bonchev–Trinajstić information content (AvgIpc) is 2.45. The first-order chi connectivity index (χ1) is 9.25. The van der Waals surface area contributed by atoms with Crippen LogP contribution < -0.4 is 5.73 Å². The number of carbonyl (C=O) groups is 1. The molecular weight excluding hydrogens is 254 g/mol. The summed E-state index contributed by atoms with van der Waals surface area (Å²) in [6, 6.07) is 19.7. The van der Waals surface area contributed by atoms with Crippen LogP contribution in [0.4, 0.5) is 0 Å². The summed E-state index contributed by atoms with van der Waals surface area (Å²) in [5.74, 6) is 0.209. The lowest BCUT2D eigenvalue weighted by Gasteiger charge is -2.04. The van der Waals surface area contributed by atoms with Crippen LogP contribution in [-0.2, 0) is 4.79 Å². The van der Waals surface area contributed by atoms with Gasteiger partial charge in [-0.05, 0) is 23.8 Å². The molecule has 2 rings (SSSR count). The molecular formula is C16H15NOS. The summed E-state index contributed by atoms with van der Waals surface area (Å²) in [4.78, 5) is 12.6. The highest BCUT2D eigenvalue weighted by atomic mass is 32.2. The van der Waals surface area contributed by atoms with Gasteiger partial charge in [-0.25, -0.2) is 0 Å². The van der Waals surface area contributed by atoms with Crippen LogP contribution in [0.5, 0.6) is 0 Å². The highest BCUT2D eigenvalue weighted by Gasteiger charge is 2.06. The Morgan fingerprint density at radius 2 is 1.58 bits per heavy atom. The lowest BCUT2D eigenvalue weighted by atomic mass is 10.1. The highest BCUT2D eigenvalue weighted by Crippen LogP contribution is 2.21. The third kappa shape index (κ3) is 4.30. The predicted molar refractivity (Wildman–Crippen MR) is 80.8 cm³/mol. The molecule has 0 bridgehead atoms. The van der Waals surface area contributed by atoms with E-state index in [0.29, 0.717) is 11.3 Å². The van der Waals surface area contributed by atoms with Crippen LogP contribution in [0.15, 0.2) is 71.1 Å².